The van der Waals surface area contributed by atoms with Crippen LogP contribution < -0.4 is 4.90 Å². The van der Waals surface area contributed by atoms with E-state index in [0.29, 0.717) is 35.8 Å². The number of carbonyl (C=O) groups is 1. The number of rotatable bonds is 5. The third-order valence-corrected chi connectivity index (χ3v) is 7.66. The molecule has 2 aliphatic rings. The Bertz CT molecular complexity index is 1520. The predicted molar refractivity (Wildman–Crippen MR) is 140 cm³/mol. The summed E-state index contributed by atoms with van der Waals surface area (Å²) in [6.07, 6.45) is 8.04. The highest BCUT2D eigenvalue weighted by molar-refractivity contribution is 5.94. The Morgan fingerprint density at radius 3 is 2.49 bits per heavy atom. The van der Waals surface area contributed by atoms with Crippen molar-refractivity contribution in [1.82, 2.24) is 29.4 Å². The zero-order valence-electron chi connectivity index (χ0n) is 21.6. The first-order valence-corrected chi connectivity index (χ1v) is 13.2. The minimum atomic E-state index is -0.558. The molecule has 0 unspecified atom stereocenters. The molecule has 0 radical (unpaired) electrons. The molecule has 1 atom stereocenters. The lowest BCUT2D eigenvalue weighted by atomic mass is 10.0. The molecule has 0 aliphatic carbocycles. The lowest BCUT2D eigenvalue weighted by molar-refractivity contribution is 0.0764. The fourth-order valence-electron chi connectivity index (χ4n) is 5.52. The van der Waals surface area contributed by atoms with Gasteiger partial charge in [-0.25, -0.2) is 28.7 Å². The fourth-order valence-corrected chi connectivity index (χ4v) is 5.52. The second-order valence-electron chi connectivity index (χ2n) is 10.4. The number of aromatic nitrogens is 5. The summed E-state index contributed by atoms with van der Waals surface area (Å²) in [5.41, 5.74) is 2.42. The first-order valence-electron chi connectivity index (χ1n) is 13.2. The Kier molecular flexibility index (Phi) is 6.68. The molecule has 1 aromatic carbocycles. The Morgan fingerprint density at radius 2 is 1.79 bits per heavy atom. The number of fused-ring (bicyclic) bond motifs is 1. The number of hydrogen-bond acceptors (Lipinski definition) is 7. The molecule has 39 heavy (non-hydrogen) atoms. The van der Waals surface area contributed by atoms with E-state index in [4.69, 9.17) is 0 Å². The van der Waals surface area contributed by atoms with E-state index in [1.54, 1.807) is 24.5 Å². The third kappa shape index (κ3) is 4.94. The Hall–Kier alpha value is -3.99. The van der Waals surface area contributed by atoms with Gasteiger partial charge in [0.2, 0.25) is 5.95 Å². The maximum absolute atomic E-state index is 15.3. The summed E-state index contributed by atoms with van der Waals surface area (Å²) in [5.74, 6) is -0.618. The number of anilines is 1. The van der Waals surface area contributed by atoms with Crippen molar-refractivity contribution in [2.24, 2.45) is 0 Å². The largest absolute Gasteiger partial charge is 0.391 e. The van der Waals surface area contributed by atoms with Gasteiger partial charge in [0, 0.05) is 62.8 Å². The molecule has 2 fully saturated rings. The molecule has 0 spiro atoms. The monoisotopic (exact) mass is 533 g/mol. The SMILES string of the molecule is Cc1cnc(N2CCC(n3cc(F)c4c(Cc5ccc(C(=O)N6CC[C@@H](O)C6)cc5F)ncnc43)CC2)nc1. The second kappa shape index (κ2) is 10.3. The van der Waals surface area contributed by atoms with Gasteiger partial charge < -0.3 is 19.5 Å². The Morgan fingerprint density at radius 1 is 1.03 bits per heavy atom. The van der Waals surface area contributed by atoms with E-state index in [2.05, 4.69) is 24.8 Å². The van der Waals surface area contributed by atoms with Crippen LogP contribution in [0.1, 0.15) is 52.5 Å². The molecule has 3 aromatic heterocycles. The molecule has 0 bridgehead atoms. The second-order valence-corrected chi connectivity index (χ2v) is 10.4. The third-order valence-electron chi connectivity index (χ3n) is 7.66. The molecule has 11 heteroatoms. The quantitative estimate of drug-likeness (QED) is 0.420. The molecule has 5 heterocycles. The van der Waals surface area contributed by atoms with Gasteiger partial charge in [0.25, 0.3) is 5.91 Å². The topological polar surface area (TPSA) is 100 Å². The van der Waals surface area contributed by atoms with Crippen LogP contribution in [0.15, 0.2) is 43.1 Å². The zero-order valence-corrected chi connectivity index (χ0v) is 21.6. The molecule has 1 N–H and O–H groups in total. The number of aliphatic hydroxyl groups excluding tert-OH is 1. The lowest BCUT2D eigenvalue weighted by Gasteiger charge is -2.32. The van der Waals surface area contributed by atoms with E-state index in [1.165, 1.54) is 23.5 Å². The number of aryl methyl sites for hydroxylation is 1. The lowest BCUT2D eigenvalue weighted by Crippen LogP contribution is -2.35. The van der Waals surface area contributed by atoms with Gasteiger partial charge in [0.15, 0.2) is 5.82 Å². The molecule has 1 amide bonds. The molecule has 4 aromatic rings. The fraction of sp³-hybridized carbons (Fsp3) is 0.393. The van der Waals surface area contributed by atoms with Crippen molar-refractivity contribution in [3.63, 3.8) is 0 Å². The summed E-state index contributed by atoms with van der Waals surface area (Å²) in [6, 6.07) is 4.36. The van der Waals surface area contributed by atoms with Crippen molar-refractivity contribution >= 4 is 22.9 Å². The Labute approximate surface area is 224 Å². The zero-order chi connectivity index (χ0) is 27.1. The first-order chi connectivity index (χ1) is 18.9. The minimum Gasteiger partial charge on any atom is -0.391 e. The molecule has 2 aliphatic heterocycles. The van der Waals surface area contributed by atoms with E-state index in [0.717, 1.165) is 31.5 Å². The number of carbonyl (C=O) groups excluding carboxylic acids is 1. The van der Waals surface area contributed by atoms with Crippen LogP contribution in [0, 0.1) is 18.6 Å². The highest BCUT2D eigenvalue weighted by Gasteiger charge is 2.27. The number of aliphatic hydroxyl groups is 1. The van der Waals surface area contributed by atoms with Gasteiger partial charge in [0.1, 0.15) is 17.8 Å². The first kappa shape index (κ1) is 25.3. The number of nitrogens with zero attached hydrogens (tertiary/aromatic N) is 7. The number of halogens is 2. The van der Waals surface area contributed by atoms with Crippen molar-refractivity contribution in [2.75, 3.05) is 31.1 Å². The summed E-state index contributed by atoms with van der Waals surface area (Å²) in [6.45, 7) is 4.11. The van der Waals surface area contributed by atoms with Gasteiger partial charge in [-0.3, -0.25) is 4.79 Å². The molecule has 2 saturated heterocycles. The number of piperidine rings is 1. The predicted octanol–water partition coefficient (Wildman–Crippen LogP) is 3.45. The average Bonchev–Trinajstić information content (AvgIpc) is 3.53. The van der Waals surface area contributed by atoms with E-state index in [-0.39, 0.29) is 35.9 Å². The maximum atomic E-state index is 15.3. The molecule has 0 saturated carbocycles. The number of benzene rings is 1. The summed E-state index contributed by atoms with van der Waals surface area (Å²) in [7, 11) is 0. The number of β-amino-alcohol motifs (C(OH)–C–C–N with tert-alkyl or cyclic N) is 1. The molecule has 202 valence electrons. The van der Waals surface area contributed by atoms with Crippen LogP contribution in [0.5, 0.6) is 0 Å². The van der Waals surface area contributed by atoms with Gasteiger partial charge in [-0.2, -0.15) is 0 Å². The van der Waals surface area contributed by atoms with Crippen LogP contribution in [-0.2, 0) is 6.42 Å². The highest BCUT2D eigenvalue weighted by Crippen LogP contribution is 2.31. The van der Waals surface area contributed by atoms with Crippen molar-refractivity contribution in [3.8, 4) is 0 Å². The summed E-state index contributed by atoms with van der Waals surface area (Å²) in [4.78, 5) is 33.8. The van der Waals surface area contributed by atoms with Crippen LogP contribution in [0.25, 0.3) is 11.0 Å². The number of likely N-dealkylation sites (tertiary alicyclic amines) is 1. The van der Waals surface area contributed by atoms with Gasteiger partial charge >= 0.3 is 0 Å². The van der Waals surface area contributed by atoms with Crippen LogP contribution >= 0.6 is 0 Å². The Balaban J connectivity index is 1.20. The van der Waals surface area contributed by atoms with Gasteiger partial charge in [-0.15, -0.1) is 0 Å². The van der Waals surface area contributed by atoms with Crippen molar-refractivity contribution in [3.05, 3.63) is 77.1 Å². The molecular weight excluding hydrogens is 504 g/mol. The summed E-state index contributed by atoms with van der Waals surface area (Å²) < 4.78 is 32.2. The maximum Gasteiger partial charge on any atom is 0.254 e. The van der Waals surface area contributed by atoms with Crippen molar-refractivity contribution < 1.29 is 18.7 Å². The van der Waals surface area contributed by atoms with Gasteiger partial charge in [-0.1, -0.05) is 6.07 Å². The van der Waals surface area contributed by atoms with Crippen molar-refractivity contribution in [1.29, 1.82) is 0 Å². The molecule has 6 rings (SSSR count). The van der Waals surface area contributed by atoms with E-state index >= 15 is 8.78 Å². The van der Waals surface area contributed by atoms with Crippen LogP contribution in [0.3, 0.4) is 0 Å². The highest BCUT2D eigenvalue weighted by atomic mass is 19.1. The number of amides is 1. The molecule has 9 nitrogen and oxygen atoms in total. The standard InChI is InChI=1S/C28H29F2N7O2/c1-17-12-31-28(32-13-17)35-7-4-20(5-8-35)37-15-23(30)25-24(33-16-34-26(25)37)11-18-2-3-19(10-22(18)29)27(39)36-9-6-21(38)14-36/h2-3,10,12-13,15-16,20-21,38H,4-9,11,14H2,1H3/t21-/m1/s1. The van der Waals surface area contributed by atoms with Crippen molar-refractivity contribution in [2.45, 2.75) is 44.8 Å². The number of hydrogen-bond donors (Lipinski definition) is 1. The van der Waals surface area contributed by atoms with E-state index in [9.17, 15) is 9.90 Å². The van der Waals surface area contributed by atoms with Gasteiger partial charge in [0.05, 0.1) is 17.2 Å². The van der Waals surface area contributed by atoms with Crippen LogP contribution in [0.2, 0.25) is 0 Å². The van der Waals surface area contributed by atoms with Gasteiger partial charge in [-0.05, 0) is 49.4 Å². The summed E-state index contributed by atoms with van der Waals surface area (Å²) >= 11 is 0. The summed E-state index contributed by atoms with van der Waals surface area (Å²) in [5, 5.41) is 9.98. The molecular formula is C28H29F2N7O2. The van der Waals surface area contributed by atoms with Crippen LogP contribution in [-0.4, -0.2) is 72.7 Å². The normalized spacial score (nSPS) is 18.3. The average molecular weight is 534 g/mol. The minimum absolute atomic E-state index is 0.0487. The van der Waals surface area contributed by atoms with E-state index in [1.807, 2.05) is 11.5 Å². The van der Waals surface area contributed by atoms with E-state index < -0.39 is 17.7 Å². The van der Waals surface area contributed by atoms with Crippen LogP contribution in [0.4, 0.5) is 14.7 Å². The smallest absolute Gasteiger partial charge is 0.254 e.